The summed E-state index contributed by atoms with van der Waals surface area (Å²) in [7, 11) is 6.02. The smallest absolute Gasteiger partial charge is 0.309 e. The van der Waals surface area contributed by atoms with E-state index < -0.39 is 11.6 Å². The Bertz CT molecular complexity index is 592. The molecular formula is C17H19BO4. The highest BCUT2D eigenvalue weighted by atomic mass is 16.6. The van der Waals surface area contributed by atoms with E-state index in [1.54, 1.807) is 0 Å². The summed E-state index contributed by atoms with van der Waals surface area (Å²) >= 11 is 0. The molecule has 1 aromatic carbocycles. The van der Waals surface area contributed by atoms with Gasteiger partial charge in [0, 0.05) is 17.3 Å². The van der Waals surface area contributed by atoms with Crippen LogP contribution in [0.4, 0.5) is 0 Å². The zero-order valence-corrected chi connectivity index (χ0v) is 12.7. The molecule has 0 spiro atoms. The summed E-state index contributed by atoms with van der Waals surface area (Å²) in [6.07, 6.45) is 0.990. The summed E-state index contributed by atoms with van der Waals surface area (Å²) in [5.74, 6) is -0.0232. The summed E-state index contributed by atoms with van der Waals surface area (Å²) in [4.78, 5) is 12.2. The second-order valence-corrected chi connectivity index (χ2v) is 7.05. The topological polar surface area (TPSA) is 44.8 Å². The van der Waals surface area contributed by atoms with Crippen molar-refractivity contribution in [2.45, 2.75) is 44.1 Å². The van der Waals surface area contributed by atoms with Crippen molar-refractivity contribution >= 4 is 13.8 Å². The highest BCUT2D eigenvalue weighted by molar-refractivity contribution is 6.11. The number of rotatable bonds is 4. The van der Waals surface area contributed by atoms with Gasteiger partial charge in [0.1, 0.15) is 14.5 Å². The molecule has 2 heterocycles. The monoisotopic (exact) mass is 298 g/mol. The van der Waals surface area contributed by atoms with Crippen molar-refractivity contribution < 1.29 is 19.0 Å². The molecule has 22 heavy (non-hydrogen) atoms. The molecule has 0 bridgehead atoms. The van der Waals surface area contributed by atoms with Gasteiger partial charge in [-0.1, -0.05) is 37.3 Å². The standard InChI is InChI=1S/C17H19BO4/c1-16-9-17(14(16)13(21-10-16)15(18)22-17)7-12(19)20-8-11-5-3-2-4-6-11/h2-6,13-15H,7-10H2,1H3/t13?,14?,15-,16?,17+/m1/s1. The molecule has 2 radical (unpaired) electrons. The van der Waals surface area contributed by atoms with Crippen LogP contribution in [-0.4, -0.2) is 38.1 Å². The minimum atomic E-state index is -0.483. The molecule has 2 aliphatic heterocycles. The second kappa shape index (κ2) is 4.83. The van der Waals surface area contributed by atoms with Crippen molar-refractivity contribution in [3.63, 3.8) is 0 Å². The van der Waals surface area contributed by atoms with Gasteiger partial charge in [-0.15, -0.1) is 0 Å². The number of hydrogen-bond donors (Lipinski definition) is 0. The van der Waals surface area contributed by atoms with E-state index in [1.807, 2.05) is 30.3 Å². The van der Waals surface area contributed by atoms with Crippen LogP contribution in [0, 0.1) is 11.3 Å². The minimum absolute atomic E-state index is 0.0827. The third-order valence-electron chi connectivity index (χ3n) is 5.34. The van der Waals surface area contributed by atoms with E-state index in [2.05, 4.69) is 6.92 Å². The average Bonchev–Trinajstić information content (AvgIpc) is 2.90. The maximum absolute atomic E-state index is 12.2. The van der Waals surface area contributed by atoms with Crippen LogP contribution in [-0.2, 0) is 25.6 Å². The van der Waals surface area contributed by atoms with Crippen molar-refractivity contribution in [1.82, 2.24) is 0 Å². The van der Waals surface area contributed by atoms with E-state index in [0.717, 1.165) is 12.0 Å². The fourth-order valence-corrected chi connectivity index (χ4v) is 4.61. The average molecular weight is 298 g/mol. The van der Waals surface area contributed by atoms with Crippen molar-refractivity contribution in [3.05, 3.63) is 35.9 Å². The Morgan fingerprint density at radius 2 is 2.18 bits per heavy atom. The first-order valence-corrected chi connectivity index (χ1v) is 7.77. The van der Waals surface area contributed by atoms with Gasteiger partial charge in [0.15, 0.2) is 0 Å². The minimum Gasteiger partial charge on any atom is -0.461 e. The van der Waals surface area contributed by atoms with Gasteiger partial charge in [0.05, 0.1) is 24.7 Å². The fraction of sp³-hybridized carbons (Fsp3) is 0.588. The molecule has 0 N–H and O–H groups in total. The maximum atomic E-state index is 12.2. The molecule has 3 aliphatic rings. The number of carbonyl (C=O) groups is 1. The molecule has 0 amide bonds. The zero-order chi connectivity index (χ0) is 15.4. The highest BCUT2D eigenvalue weighted by Crippen LogP contribution is 2.66. The van der Waals surface area contributed by atoms with Gasteiger partial charge in [-0.3, -0.25) is 4.79 Å². The fourth-order valence-electron chi connectivity index (χ4n) is 4.61. The molecule has 3 unspecified atom stereocenters. The largest absolute Gasteiger partial charge is 0.461 e. The van der Waals surface area contributed by atoms with Gasteiger partial charge >= 0.3 is 5.97 Å². The Kier molecular flexibility index (Phi) is 3.14. The molecule has 1 saturated carbocycles. The first-order valence-electron chi connectivity index (χ1n) is 7.77. The highest BCUT2D eigenvalue weighted by Gasteiger charge is 2.73. The SMILES string of the molecule is [B][C@@H]1O[C@@]2(CC(=O)OCc3ccccc3)CC3(C)COC1C32. The van der Waals surface area contributed by atoms with Gasteiger partial charge in [-0.05, 0) is 12.0 Å². The third kappa shape index (κ3) is 2.03. The number of hydrogen-bond acceptors (Lipinski definition) is 4. The summed E-state index contributed by atoms with van der Waals surface area (Å²) < 4.78 is 17.1. The van der Waals surface area contributed by atoms with Crippen LogP contribution in [0.25, 0.3) is 0 Å². The summed E-state index contributed by atoms with van der Waals surface area (Å²) in [6.45, 7) is 3.19. The van der Waals surface area contributed by atoms with E-state index in [9.17, 15) is 4.79 Å². The van der Waals surface area contributed by atoms with E-state index >= 15 is 0 Å². The molecule has 4 nitrogen and oxygen atoms in total. The van der Waals surface area contributed by atoms with Crippen LogP contribution in [0.1, 0.15) is 25.3 Å². The van der Waals surface area contributed by atoms with Crippen molar-refractivity contribution in [1.29, 1.82) is 0 Å². The van der Waals surface area contributed by atoms with Gasteiger partial charge in [0.25, 0.3) is 0 Å². The van der Waals surface area contributed by atoms with Gasteiger partial charge < -0.3 is 14.2 Å². The number of benzene rings is 1. The third-order valence-corrected chi connectivity index (χ3v) is 5.34. The Hall–Kier alpha value is -1.33. The van der Waals surface area contributed by atoms with Crippen LogP contribution >= 0.6 is 0 Å². The lowest BCUT2D eigenvalue weighted by Crippen LogP contribution is -2.59. The molecule has 1 aliphatic carbocycles. The Labute approximate surface area is 131 Å². The molecule has 114 valence electrons. The molecule has 4 rings (SSSR count). The lowest BCUT2D eigenvalue weighted by molar-refractivity contribution is -0.185. The van der Waals surface area contributed by atoms with Crippen molar-refractivity contribution in [2.24, 2.45) is 11.3 Å². The number of esters is 1. The van der Waals surface area contributed by atoms with E-state index in [4.69, 9.17) is 22.1 Å². The molecule has 3 fully saturated rings. The van der Waals surface area contributed by atoms with Gasteiger partial charge in [0.2, 0.25) is 0 Å². The quantitative estimate of drug-likeness (QED) is 0.628. The van der Waals surface area contributed by atoms with Crippen molar-refractivity contribution in [3.8, 4) is 0 Å². The lowest BCUT2D eigenvalue weighted by atomic mass is 9.51. The van der Waals surface area contributed by atoms with Crippen LogP contribution < -0.4 is 0 Å². The van der Waals surface area contributed by atoms with E-state index in [0.29, 0.717) is 13.2 Å². The first-order chi connectivity index (χ1) is 10.5. The van der Waals surface area contributed by atoms with Crippen LogP contribution in [0.2, 0.25) is 0 Å². The zero-order valence-electron chi connectivity index (χ0n) is 12.7. The van der Waals surface area contributed by atoms with Gasteiger partial charge in [-0.25, -0.2) is 0 Å². The van der Waals surface area contributed by atoms with Crippen LogP contribution in [0.15, 0.2) is 30.3 Å². The molecule has 5 atom stereocenters. The molecular weight excluding hydrogens is 279 g/mol. The predicted molar refractivity (Wildman–Crippen MR) is 80.2 cm³/mol. The number of carbonyl (C=O) groups excluding carboxylic acids is 1. The summed E-state index contributed by atoms with van der Waals surface area (Å²) in [5, 5.41) is 0. The second-order valence-electron chi connectivity index (χ2n) is 7.05. The molecule has 0 aromatic heterocycles. The lowest BCUT2D eigenvalue weighted by Gasteiger charge is -2.54. The van der Waals surface area contributed by atoms with Crippen LogP contribution in [0.5, 0.6) is 0 Å². The molecule has 2 saturated heterocycles. The summed E-state index contributed by atoms with van der Waals surface area (Å²) in [6, 6.07) is 9.24. The molecule has 5 heteroatoms. The predicted octanol–water partition coefficient (Wildman–Crippen LogP) is 1.81. The summed E-state index contributed by atoms with van der Waals surface area (Å²) in [5.41, 5.74) is 0.597. The van der Waals surface area contributed by atoms with E-state index in [-0.39, 0.29) is 29.8 Å². The number of ether oxygens (including phenoxy) is 3. The Morgan fingerprint density at radius 3 is 2.95 bits per heavy atom. The Balaban J connectivity index is 1.40. The normalized spacial score (nSPS) is 41.8. The maximum Gasteiger partial charge on any atom is 0.309 e. The van der Waals surface area contributed by atoms with Crippen LogP contribution in [0.3, 0.4) is 0 Å². The molecule has 1 aromatic rings. The van der Waals surface area contributed by atoms with E-state index in [1.165, 1.54) is 0 Å². The first kappa shape index (κ1) is 14.3. The Morgan fingerprint density at radius 1 is 1.41 bits per heavy atom. The van der Waals surface area contributed by atoms with Crippen molar-refractivity contribution in [2.75, 3.05) is 6.61 Å². The van der Waals surface area contributed by atoms with Gasteiger partial charge in [-0.2, -0.15) is 0 Å².